The molecular weight excluding hydrogens is 276 g/mol. The molecule has 116 valence electrons. The predicted molar refractivity (Wildman–Crippen MR) is 87.7 cm³/mol. The summed E-state index contributed by atoms with van der Waals surface area (Å²) in [6.45, 7) is 7.83. The van der Waals surface area contributed by atoms with Crippen LogP contribution in [0.25, 0.3) is 0 Å². The van der Waals surface area contributed by atoms with Crippen LogP contribution in [-0.2, 0) is 5.41 Å². The molecule has 0 spiro atoms. The monoisotopic (exact) mass is 298 g/mol. The van der Waals surface area contributed by atoms with Crippen molar-refractivity contribution in [2.45, 2.75) is 39.5 Å². The number of carbonyl (C=O) groups is 1. The third kappa shape index (κ3) is 2.47. The Bertz CT molecular complexity index is 719. The van der Waals surface area contributed by atoms with Crippen LogP contribution in [0.15, 0.2) is 36.4 Å². The molecule has 2 aromatic rings. The summed E-state index contributed by atoms with van der Waals surface area (Å²) in [5.74, 6) is -1.22. The maximum absolute atomic E-state index is 11.5. The van der Waals surface area contributed by atoms with Crippen molar-refractivity contribution in [1.82, 2.24) is 0 Å². The minimum atomic E-state index is -1.10. The van der Waals surface area contributed by atoms with Crippen LogP contribution in [0.3, 0.4) is 0 Å². The van der Waals surface area contributed by atoms with Gasteiger partial charge in [0.15, 0.2) is 0 Å². The normalized spacial score (nSPS) is 13.6. The van der Waals surface area contributed by atoms with Gasteiger partial charge < -0.3 is 10.2 Å². The van der Waals surface area contributed by atoms with Crippen molar-refractivity contribution in [2.24, 2.45) is 0 Å². The van der Waals surface area contributed by atoms with Crippen molar-refractivity contribution in [3.05, 3.63) is 64.2 Å². The second kappa shape index (κ2) is 5.84. The van der Waals surface area contributed by atoms with Crippen molar-refractivity contribution in [3.63, 3.8) is 0 Å². The maximum atomic E-state index is 11.5. The number of hydrogen-bond acceptors (Lipinski definition) is 2. The number of aromatic hydroxyl groups is 1. The van der Waals surface area contributed by atoms with Gasteiger partial charge in [0, 0.05) is 11.0 Å². The fourth-order valence-electron chi connectivity index (χ4n) is 3.13. The fraction of sp³-hybridized carbons (Fsp3) is 0.316. The largest absolute Gasteiger partial charge is 0.507 e. The van der Waals surface area contributed by atoms with E-state index in [1.807, 2.05) is 51.1 Å². The molecule has 0 radical (unpaired) electrons. The Morgan fingerprint density at radius 3 is 2.23 bits per heavy atom. The second-order valence-electron chi connectivity index (χ2n) is 5.96. The van der Waals surface area contributed by atoms with Crippen LogP contribution in [0.5, 0.6) is 5.75 Å². The molecule has 0 aliphatic heterocycles. The summed E-state index contributed by atoms with van der Waals surface area (Å²) in [7, 11) is 0. The molecule has 3 nitrogen and oxygen atoms in total. The van der Waals surface area contributed by atoms with Gasteiger partial charge in [-0.2, -0.15) is 0 Å². The smallest absolute Gasteiger partial charge is 0.339 e. The lowest BCUT2D eigenvalue weighted by Gasteiger charge is -2.32. The lowest BCUT2D eigenvalue weighted by Crippen LogP contribution is -2.24. The van der Waals surface area contributed by atoms with E-state index in [0.717, 1.165) is 17.5 Å². The molecule has 2 rings (SSSR count). The van der Waals surface area contributed by atoms with Gasteiger partial charge in [0.25, 0.3) is 0 Å². The Hall–Kier alpha value is -2.29. The van der Waals surface area contributed by atoms with E-state index in [0.29, 0.717) is 11.1 Å². The van der Waals surface area contributed by atoms with E-state index < -0.39 is 11.4 Å². The highest BCUT2D eigenvalue weighted by molar-refractivity contribution is 5.93. The summed E-state index contributed by atoms with van der Waals surface area (Å²) in [5, 5.41) is 20.0. The van der Waals surface area contributed by atoms with E-state index in [2.05, 4.69) is 0 Å². The zero-order valence-corrected chi connectivity index (χ0v) is 13.5. The fourth-order valence-corrected chi connectivity index (χ4v) is 3.13. The molecule has 0 aliphatic rings. The molecule has 0 amide bonds. The number of aromatic carboxylic acids is 1. The summed E-state index contributed by atoms with van der Waals surface area (Å²) in [6.07, 6.45) is 0.757. The highest BCUT2D eigenvalue weighted by atomic mass is 16.4. The number of phenols is 1. The van der Waals surface area contributed by atoms with Crippen LogP contribution in [0.2, 0.25) is 0 Å². The van der Waals surface area contributed by atoms with Gasteiger partial charge in [0.1, 0.15) is 11.3 Å². The molecular formula is C19H22O3. The molecule has 0 saturated carbocycles. The quantitative estimate of drug-likeness (QED) is 0.878. The molecule has 0 saturated heterocycles. The number of hydrogen-bond donors (Lipinski definition) is 2. The minimum absolute atomic E-state index is 0.00856. The summed E-state index contributed by atoms with van der Waals surface area (Å²) < 4.78 is 0. The first-order valence-electron chi connectivity index (χ1n) is 7.45. The average molecular weight is 298 g/mol. The van der Waals surface area contributed by atoms with Crippen molar-refractivity contribution in [1.29, 1.82) is 0 Å². The standard InChI is InChI=1S/C19H22O3/c1-5-19(4,14-9-7-6-8-12(14)2)15-11-10-13(3)16(17(15)20)18(21)22/h6-11,20H,5H2,1-4H3,(H,21,22). The highest BCUT2D eigenvalue weighted by Gasteiger charge is 2.33. The number of carboxylic acid groups (broad SMARTS) is 1. The van der Waals surface area contributed by atoms with Crippen LogP contribution >= 0.6 is 0 Å². The number of rotatable bonds is 4. The van der Waals surface area contributed by atoms with Gasteiger partial charge in [-0.3, -0.25) is 0 Å². The summed E-state index contributed by atoms with van der Waals surface area (Å²) in [4.78, 5) is 11.5. The Kier molecular flexibility index (Phi) is 4.27. The van der Waals surface area contributed by atoms with Gasteiger partial charge in [0.05, 0.1) is 0 Å². The molecule has 0 fully saturated rings. The van der Waals surface area contributed by atoms with E-state index in [4.69, 9.17) is 0 Å². The van der Waals surface area contributed by atoms with E-state index in [9.17, 15) is 15.0 Å². The maximum Gasteiger partial charge on any atom is 0.339 e. The molecule has 0 heterocycles. The Morgan fingerprint density at radius 1 is 1.05 bits per heavy atom. The van der Waals surface area contributed by atoms with E-state index in [1.54, 1.807) is 13.0 Å². The first-order valence-corrected chi connectivity index (χ1v) is 7.45. The highest BCUT2D eigenvalue weighted by Crippen LogP contribution is 2.42. The van der Waals surface area contributed by atoms with Crippen molar-refractivity contribution >= 4 is 5.97 Å². The first-order chi connectivity index (χ1) is 10.3. The summed E-state index contributed by atoms with van der Waals surface area (Å²) >= 11 is 0. The van der Waals surface area contributed by atoms with Gasteiger partial charge in [-0.15, -0.1) is 0 Å². The molecule has 1 atom stereocenters. The van der Waals surface area contributed by atoms with E-state index in [-0.39, 0.29) is 11.3 Å². The average Bonchev–Trinajstić information content (AvgIpc) is 2.46. The van der Waals surface area contributed by atoms with Crippen LogP contribution in [0, 0.1) is 13.8 Å². The third-order valence-corrected chi connectivity index (χ3v) is 4.64. The number of aryl methyl sites for hydroxylation is 2. The zero-order valence-electron chi connectivity index (χ0n) is 13.5. The Morgan fingerprint density at radius 2 is 1.68 bits per heavy atom. The van der Waals surface area contributed by atoms with Crippen molar-refractivity contribution in [3.8, 4) is 5.75 Å². The van der Waals surface area contributed by atoms with Crippen LogP contribution in [0.4, 0.5) is 0 Å². The van der Waals surface area contributed by atoms with Gasteiger partial charge >= 0.3 is 5.97 Å². The summed E-state index contributed by atoms with van der Waals surface area (Å²) in [5.41, 5.74) is 3.01. The van der Waals surface area contributed by atoms with Crippen LogP contribution in [0.1, 0.15) is 52.9 Å². The van der Waals surface area contributed by atoms with Crippen LogP contribution in [-0.4, -0.2) is 16.2 Å². The molecule has 0 bridgehead atoms. The first kappa shape index (κ1) is 16.1. The SMILES string of the molecule is CCC(C)(c1ccccc1C)c1ccc(C)c(C(=O)O)c1O. The van der Waals surface area contributed by atoms with Gasteiger partial charge in [-0.25, -0.2) is 4.79 Å². The predicted octanol–water partition coefficient (Wildman–Crippen LogP) is 4.42. The molecule has 3 heteroatoms. The Labute approximate surface area is 131 Å². The second-order valence-corrected chi connectivity index (χ2v) is 5.96. The number of benzene rings is 2. The zero-order chi connectivity index (χ0) is 16.5. The van der Waals surface area contributed by atoms with Crippen LogP contribution < -0.4 is 0 Å². The van der Waals surface area contributed by atoms with Crippen molar-refractivity contribution in [2.75, 3.05) is 0 Å². The molecule has 22 heavy (non-hydrogen) atoms. The minimum Gasteiger partial charge on any atom is -0.507 e. The lowest BCUT2D eigenvalue weighted by atomic mass is 9.71. The summed E-state index contributed by atoms with van der Waals surface area (Å²) in [6, 6.07) is 11.6. The molecule has 2 aromatic carbocycles. The molecule has 0 aliphatic carbocycles. The lowest BCUT2D eigenvalue weighted by molar-refractivity contribution is 0.0692. The van der Waals surface area contributed by atoms with Gasteiger partial charge in [-0.1, -0.05) is 50.2 Å². The van der Waals surface area contributed by atoms with E-state index >= 15 is 0 Å². The number of carboxylic acids is 1. The van der Waals surface area contributed by atoms with Gasteiger partial charge in [-0.05, 0) is 37.0 Å². The van der Waals surface area contributed by atoms with Crippen molar-refractivity contribution < 1.29 is 15.0 Å². The molecule has 0 aromatic heterocycles. The topological polar surface area (TPSA) is 57.5 Å². The third-order valence-electron chi connectivity index (χ3n) is 4.64. The van der Waals surface area contributed by atoms with E-state index in [1.165, 1.54) is 0 Å². The molecule has 1 unspecified atom stereocenters. The van der Waals surface area contributed by atoms with Gasteiger partial charge in [0.2, 0.25) is 0 Å². The Balaban J connectivity index is 2.75. The molecule has 2 N–H and O–H groups in total.